The first-order valence-corrected chi connectivity index (χ1v) is 5.33. The number of carboxylic acids is 1. The van der Waals surface area contributed by atoms with Gasteiger partial charge < -0.3 is 9.84 Å². The van der Waals surface area contributed by atoms with E-state index in [1.165, 1.54) is 18.2 Å². The standard InChI is InChI=1S/C12H11FN2O3/c1-2-18-7-3-4-8(9(13)5-7)10-6-11(12(16)17)15-14-10/h3-6H,2H2,1H3,(H,14,15)(H,16,17). The van der Waals surface area contributed by atoms with Gasteiger partial charge in [0.1, 0.15) is 17.3 Å². The van der Waals surface area contributed by atoms with E-state index in [1.807, 2.05) is 0 Å². The lowest BCUT2D eigenvalue weighted by molar-refractivity contribution is 0.0690. The van der Waals surface area contributed by atoms with Gasteiger partial charge in [0.05, 0.1) is 12.3 Å². The van der Waals surface area contributed by atoms with E-state index in [-0.39, 0.29) is 17.0 Å². The Morgan fingerprint density at radius 2 is 2.28 bits per heavy atom. The van der Waals surface area contributed by atoms with E-state index in [0.717, 1.165) is 0 Å². The molecule has 6 heteroatoms. The molecule has 0 radical (unpaired) electrons. The highest BCUT2D eigenvalue weighted by Gasteiger charge is 2.13. The van der Waals surface area contributed by atoms with Crippen molar-refractivity contribution in [2.24, 2.45) is 0 Å². The fraction of sp³-hybridized carbons (Fsp3) is 0.167. The Kier molecular flexibility index (Phi) is 3.27. The number of aromatic nitrogens is 2. The second kappa shape index (κ2) is 4.87. The minimum absolute atomic E-state index is 0.0849. The summed E-state index contributed by atoms with van der Waals surface area (Å²) in [7, 11) is 0. The van der Waals surface area contributed by atoms with Gasteiger partial charge in [0, 0.05) is 11.6 Å². The average molecular weight is 250 g/mol. The molecule has 0 aliphatic rings. The number of carboxylic acid groups (broad SMARTS) is 1. The number of halogens is 1. The maximum absolute atomic E-state index is 13.8. The van der Waals surface area contributed by atoms with Gasteiger partial charge in [0.15, 0.2) is 0 Å². The molecular formula is C12H11FN2O3. The summed E-state index contributed by atoms with van der Waals surface area (Å²) < 4.78 is 18.9. The smallest absolute Gasteiger partial charge is 0.353 e. The Morgan fingerprint density at radius 3 is 2.83 bits per heavy atom. The second-order valence-corrected chi connectivity index (χ2v) is 3.55. The van der Waals surface area contributed by atoms with E-state index in [1.54, 1.807) is 13.0 Å². The van der Waals surface area contributed by atoms with Gasteiger partial charge in [-0.25, -0.2) is 9.18 Å². The zero-order chi connectivity index (χ0) is 13.1. The van der Waals surface area contributed by atoms with Gasteiger partial charge in [-0.1, -0.05) is 0 Å². The molecule has 0 atom stereocenters. The molecule has 18 heavy (non-hydrogen) atoms. The second-order valence-electron chi connectivity index (χ2n) is 3.55. The number of ether oxygens (including phenoxy) is 1. The van der Waals surface area contributed by atoms with Gasteiger partial charge in [-0.3, -0.25) is 5.10 Å². The summed E-state index contributed by atoms with van der Waals surface area (Å²) in [5.74, 6) is -1.22. The third kappa shape index (κ3) is 2.32. The van der Waals surface area contributed by atoms with Crippen molar-refractivity contribution in [3.63, 3.8) is 0 Å². The van der Waals surface area contributed by atoms with Crippen LogP contribution in [0.4, 0.5) is 4.39 Å². The normalized spacial score (nSPS) is 10.3. The van der Waals surface area contributed by atoms with Crippen LogP contribution in [0.2, 0.25) is 0 Å². The van der Waals surface area contributed by atoms with E-state index < -0.39 is 11.8 Å². The summed E-state index contributed by atoms with van der Waals surface area (Å²) in [6.07, 6.45) is 0. The molecule has 0 spiro atoms. The highest BCUT2D eigenvalue weighted by Crippen LogP contribution is 2.25. The number of benzene rings is 1. The molecule has 2 aromatic rings. The Balaban J connectivity index is 2.35. The summed E-state index contributed by atoms with van der Waals surface area (Å²) in [5, 5.41) is 14.8. The highest BCUT2D eigenvalue weighted by atomic mass is 19.1. The van der Waals surface area contributed by atoms with Crippen molar-refractivity contribution in [1.82, 2.24) is 10.2 Å². The van der Waals surface area contributed by atoms with Crippen LogP contribution < -0.4 is 4.74 Å². The number of H-pyrrole nitrogens is 1. The van der Waals surface area contributed by atoms with Gasteiger partial charge in [0.2, 0.25) is 0 Å². The van der Waals surface area contributed by atoms with Gasteiger partial charge in [0.25, 0.3) is 0 Å². The first-order chi connectivity index (χ1) is 8.61. The first kappa shape index (κ1) is 12.1. The van der Waals surface area contributed by atoms with E-state index in [9.17, 15) is 9.18 Å². The molecule has 0 saturated carbocycles. The third-order valence-electron chi connectivity index (χ3n) is 2.34. The zero-order valence-corrected chi connectivity index (χ0v) is 9.61. The van der Waals surface area contributed by atoms with Crippen molar-refractivity contribution in [1.29, 1.82) is 0 Å². The minimum atomic E-state index is -1.14. The van der Waals surface area contributed by atoms with Crippen LogP contribution in [-0.4, -0.2) is 27.9 Å². The van der Waals surface area contributed by atoms with Gasteiger partial charge in [-0.15, -0.1) is 0 Å². The molecular weight excluding hydrogens is 239 g/mol. The number of carbonyl (C=O) groups is 1. The average Bonchev–Trinajstić information content (AvgIpc) is 2.79. The number of hydrogen-bond donors (Lipinski definition) is 2. The molecule has 0 aliphatic carbocycles. The van der Waals surface area contributed by atoms with E-state index >= 15 is 0 Å². The lowest BCUT2D eigenvalue weighted by atomic mass is 10.1. The van der Waals surface area contributed by atoms with Crippen molar-refractivity contribution in [2.45, 2.75) is 6.92 Å². The molecule has 0 amide bonds. The molecule has 0 fully saturated rings. The third-order valence-corrected chi connectivity index (χ3v) is 2.34. The predicted octanol–water partition coefficient (Wildman–Crippen LogP) is 2.31. The van der Waals surface area contributed by atoms with Crippen LogP contribution in [0, 0.1) is 5.82 Å². The number of aromatic amines is 1. The Bertz CT molecular complexity index is 580. The number of hydrogen-bond acceptors (Lipinski definition) is 3. The van der Waals surface area contributed by atoms with Crippen LogP contribution in [0.5, 0.6) is 5.75 Å². The maximum Gasteiger partial charge on any atom is 0.353 e. The predicted molar refractivity (Wildman–Crippen MR) is 62.1 cm³/mol. The Morgan fingerprint density at radius 1 is 1.50 bits per heavy atom. The lowest BCUT2D eigenvalue weighted by Crippen LogP contribution is -1.95. The molecule has 0 saturated heterocycles. The van der Waals surface area contributed by atoms with E-state index in [4.69, 9.17) is 9.84 Å². The largest absolute Gasteiger partial charge is 0.494 e. The highest BCUT2D eigenvalue weighted by molar-refractivity contribution is 5.86. The minimum Gasteiger partial charge on any atom is -0.494 e. The zero-order valence-electron chi connectivity index (χ0n) is 9.61. The van der Waals surface area contributed by atoms with Crippen molar-refractivity contribution >= 4 is 5.97 Å². The first-order valence-electron chi connectivity index (χ1n) is 5.33. The van der Waals surface area contributed by atoms with Gasteiger partial charge >= 0.3 is 5.97 Å². The fourth-order valence-electron chi connectivity index (χ4n) is 1.53. The molecule has 1 aromatic heterocycles. The van der Waals surface area contributed by atoms with Gasteiger partial charge in [-0.05, 0) is 25.1 Å². The summed E-state index contributed by atoms with van der Waals surface area (Å²) in [4.78, 5) is 10.7. The summed E-state index contributed by atoms with van der Waals surface area (Å²) in [6.45, 7) is 2.25. The van der Waals surface area contributed by atoms with E-state index in [0.29, 0.717) is 12.4 Å². The van der Waals surface area contributed by atoms with Crippen molar-refractivity contribution in [3.05, 3.63) is 35.8 Å². The number of nitrogens with one attached hydrogen (secondary N) is 1. The Labute approximate surface area is 102 Å². The summed E-state index contributed by atoms with van der Waals surface area (Å²) in [5.41, 5.74) is 0.383. The molecule has 1 heterocycles. The van der Waals surface area contributed by atoms with Crippen LogP contribution >= 0.6 is 0 Å². The van der Waals surface area contributed by atoms with Crippen LogP contribution in [0.3, 0.4) is 0 Å². The fourth-order valence-corrected chi connectivity index (χ4v) is 1.53. The summed E-state index contributed by atoms with van der Waals surface area (Å²) in [6, 6.07) is 5.63. The maximum atomic E-state index is 13.8. The summed E-state index contributed by atoms with van der Waals surface area (Å²) >= 11 is 0. The van der Waals surface area contributed by atoms with Crippen molar-refractivity contribution < 1.29 is 19.0 Å². The molecule has 1 aromatic carbocycles. The van der Waals surface area contributed by atoms with Crippen LogP contribution in [0.1, 0.15) is 17.4 Å². The lowest BCUT2D eigenvalue weighted by Gasteiger charge is -2.04. The van der Waals surface area contributed by atoms with E-state index in [2.05, 4.69) is 10.2 Å². The molecule has 0 unspecified atom stereocenters. The quantitative estimate of drug-likeness (QED) is 0.873. The molecule has 2 rings (SSSR count). The van der Waals surface area contributed by atoms with Gasteiger partial charge in [-0.2, -0.15) is 5.10 Å². The molecule has 0 bridgehead atoms. The Hall–Kier alpha value is -2.37. The van der Waals surface area contributed by atoms with Crippen LogP contribution in [0.25, 0.3) is 11.3 Å². The van der Waals surface area contributed by atoms with Crippen molar-refractivity contribution in [3.8, 4) is 17.0 Å². The number of nitrogens with zero attached hydrogens (tertiary/aromatic N) is 1. The molecule has 2 N–H and O–H groups in total. The molecule has 5 nitrogen and oxygen atoms in total. The SMILES string of the molecule is CCOc1ccc(-c2cc(C(=O)O)[nH]n2)c(F)c1. The monoisotopic (exact) mass is 250 g/mol. The van der Waals surface area contributed by atoms with Crippen LogP contribution in [0.15, 0.2) is 24.3 Å². The molecule has 0 aliphatic heterocycles. The number of aromatic carboxylic acids is 1. The van der Waals surface area contributed by atoms with Crippen LogP contribution in [-0.2, 0) is 0 Å². The molecule has 94 valence electrons. The topological polar surface area (TPSA) is 75.2 Å². The van der Waals surface area contributed by atoms with Crippen molar-refractivity contribution in [2.75, 3.05) is 6.61 Å². The number of rotatable bonds is 4.